The zero-order chi connectivity index (χ0) is 15.4. The van der Waals surface area contributed by atoms with Crippen molar-refractivity contribution < 1.29 is 20.1 Å². The second-order valence-electron chi connectivity index (χ2n) is 5.08. The first-order valence-corrected chi connectivity index (χ1v) is 6.56. The molecule has 0 saturated carbocycles. The van der Waals surface area contributed by atoms with E-state index in [4.69, 9.17) is 22.1 Å². The Morgan fingerprint density at radius 2 is 2.24 bits per heavy atom. The van der Waals surface area contributed by atoms with Crippen molar-refractivity contribution in [3.63, 3.8) is 0 Å². The highest BCUT2D eigenvalue weighted by Crippen LogP contribution is 2.39. The molecule has 0 aromatic carbocycles. The van der Waals surface area contributed by atoms with E-state index in [1.165, 1.54) is 17.8 Å². The van der Waals surface area contributed by atoms with Gasteiger partial charge < -0.3 is 25.8 Å². The van der Waals surface area contributed by atoms with Crippen LogP contribution < -0.4 is 5.73 Å². The number of rotatable bonds is 2. The van der Waals surface area contributed by atoms with Gasteiger partial charge >= 0.3 is 0 Å². The number of aromatic nitrogens is 4. The maximum absolute atomic E-state index is 10.5. The smallest absolute Gasteiger partial charge is 0.223 e. The van der Waals surface area contributed by atoms with Crippen LogP contribution in [0.25, 0.3) is 11.2 Å². The average molecular weight is 316 g/mol. The van der Waals surface area contributed by atoms with Gasteiger partial charge in [-0.15, -0.1) is 0 Å². The molecule has 0 spiro atoms. The molecule has 0 amide bonds. The summed E-state index contributed by atoms with van der Waals surface area (Å²) in [6.07, 6.45) is -1.83. The van der Waals surface area contributed by atoms with E-state index in [0.29, 0.717) is 5.52 Å². The Morgan fingerprint density at radius 1 is 1.52 bits per heavy atom. The summed E-state index contributed by atoms with van der Waals surface area (Å²) in [6, 6.07) is 0. The van der Waals surface area contributed by atoms with Crippen LogP contribution in [0.3, 0.4) is 0 Å². The fraction of sp³-hybridized carbons (Fsp3) is 0.545. The molecular formula is C11H14ClN5O4. The van der Waals surface area contributed by atoms with E-state index >= 15 is 0 Å². The van der Waals surface area contributed by atoms with Gasteiger partial charge in [-0.3, -0.25) is 4.57 Å². The molecule has 1 aliphatic rings. The predicted octanol–water partition coefficient (Wildman–Crippen LogP) is -0.937. The van der Waals surface area contributed by atoms with Crippen molar-refractivity contribution in [2.45, 2.75) is 31.0 Å². The summed E-state index contributed by atoms with van der Waals surface area (Å²) in [4.78, 5) is 11.9. The lowest BCUT2D eigenvalue weighted by Gasteiger charge is -2.27. The molecule has 10 heteroatoms. The van der Waals surface area contributed by atoms with Gasteiger partial charge in [-0.1, -0.05) is 11.6 Å². The molecule has 4 atom stereocenters. The molecule has 1 aliphatic heterocycles. The summed E-state index contributed by atoms with van der Waals surface area (Å²) < 4.78 is 6.90. The largest absolute Gasteiger partial charge is 0.394 e. The number of aliphatic hydroxyl groups is 3. The minimum atomic E-state index is -1.65. The van der Waals surface area contributed by atoms with E-state index in [9.17, 15) is 15.3 Å². The normalized spacial score (nSPS) is 32.9. The van der Waals surface area contributed by atoms with Crippen LogP contribution in [-0.2, 0) is 4.74 Å². The molecule has 9 nitrogen and oxygen atoms in total. The number of hydrogen-bond donors (Lipinski definition) is 4. The van der Waals surface area contributed by atoms with Crippen molar-refractivity contribution in [2.24, 2.45) is 0 Å². The third kappa shape index (κ3) is 2.05. The highest BCUT2D eigenvalue weighted by molar-refractivity contribution is 6.33. The summed E-state index contributed by atoms with van der Waals surface area (Å²) in [5.41, 5.74) is 4.48. The van der Waals surface area contributed by atoms with Crippen LogP contribution in [0.1, 0.15) is 13.2 Å². The molecule has 2 aromatic rings. The van der Waals surface area contributed by atoms with Gasteiger partial charge in [-0.05, 0) is 6.92 Å². The number of anilines is 1. The van der Waals surface area contributed by atoms with Crippen molar-refractivity contribution >= 4 is 28.7 Å². The maximum atomic E-state index is 10.5. The molecule has 3 heterocycles. The molecule has 5 N–H and O–H groups in total. The summed E-state index contributed by atoms with van der Waals surface area (Å²) in [6.45, 7) is 0.967. The maximum Gasteiger partial charge on any atom is 0.223 e. The minimum absolute atomic E-state index is 0.0499. The monoisotopic (exact) mass is 315 g/mol. The van der Waals surface area contributed by atoms with Gasteiger partial charge in [0.05, 0.1) is 12.9 Å². The van der Waals surface area contributed by atoms with Crippen LogP contribution in [0.5, 0.6) is 0 Å². The number of fused-ring (bicyclic) bond motifs is 1. The lowest BCUT2D eigenvalue weighted by molar-refractivity contribution is -0.0950. The Morgan fingerprint density at radius 3 is 2.86 bits per heavy atom. The summed E-state index contributed by atoms with van der Waals surface area (Å²) in [5.74, 6) is -0.0499. The quantitative estimate of drug-likeness (QED) is 0.521. The van der Waals surface area contributed by atoms with Gasteiger partial charge in [0.25, 0.3) is 0 Å². The third-order valence-electron chi connectivity index (χ3n) is 3.58. The topological polar surface area (TPSA) is 140 Å². The number of nitrogen functional groups attached to an aromatic ring is 1. The van der Waals surface area contributed by atoms with Gasteiger partial charge in [-0.25, -0.2) is 4.98 Å². The van der Waals surface area contributed by atoms with E-state index in [-0.39, 0.29) is 16.7 Å². The van der Waals surface area contributed by atoms with Gasteiger partial charge in [0.2, 0.25) is 5.95 Å². The number of imidazole rings is 1. The second kappa shape index (κ2) is 4.75. The average Bonchev–Trinajstić information content (AvgIpc) is 2.91. The van der Waals surface area contributed by atoms with Crippen molar-refractivity contribution in [3.8, 4) is 0 Å². The Labute approximate surface area is 124 Å². The first kappa shape index (κ1) is 14.4. The number of halogens is 1. The zero-order valence-electron chi connectivity index (χ0n) is 11.0. The molecular weight excluding hydrogens is 302 g/mol. The molecule has 1 saturated heterocycles. The van der Waals surface area contributed by atoms with E-state index in [0.717, 1.165) is 0 Å². The number of nitrogens with zero attached hydrogens (tertiary/aromatic N) is 4. The minimum Gasteiger partial charge on any atom is -0.394 e. The fourth-order valence-electron chi connectivity index (χ4n) is 2.46. The number of hydrogen-bond acceptors (Lipinski definition) is 8. The molecule has 0 radical (unpaired) electrons. The molecule has 0 bridgehead atoms. The fourth-order valence-corrected chi connectivity index (χ4v) is 2.68. The molecule has 3 rings (SSSR count). The van der Waals surface area contributed by atoms with Crippen LogP contribution in [0, 0.1) is 0 Å². The van der Waals surface area contributed by atoms with Crippen molar-refractivity contribution in [3.05, 3.63) is 11.5 Å². The lowest BCUT2D eigenvalue weighted by atomic mass is 9.96. The van der Waals surface area contributed by atoms with Gasteiger partial charge in [0.15, 0.2) is 17.0 Å². The summed E-state index contributed by atoms with van der Waals surface area (Å²) in [7, 11) is 0. The van der Waals surface area contributed by atoms with Crippen molar-refractivity contribution in [1.82, 2.24) is 19.5 Å². The second-order valence-corrected chi connectivity index (χ2v) is 5.43. The molecule has 114 valence electrons. The highest BCUT2D eigenvalue weighted by atomic mass is 35.5. The standard InChI is InChI=1S/C11H14ClN5O4/c1-11(20)6(19)4(2-18)21-9(11)17-3-14-5-7(12)15-10(13)16-8(5)17/h3-4,6,9,18-20H,2H2,1H3,(H2,13,15,16)/t4-,6+,9-,11?/m1/s1. The van der Waals surface area contributed by atoms with Gasteiger partial charge in [0.1, 0.15) is 23.3 Å². The van der Waals surface area contributed by atoms with E-state index < -0.39 is 30.6 Å². The molecule has 1 fully saturated rings. The molecule has 0 aliphatic carbocycles. The Hall–Kier alpha value is -1.52. The number of nitrogens with two attached hydrogens (primary N) is 1. The van der Waals surface area contributed by atoms with Crippen molar-refractivity contribution in [1.29, 1.82) is 0 Å². The Balaban J connectivity index is 2.13. The number of aliphatic hydroxyl groups excluding tert-OH is 2. The molecule has 21 heavy (non-hydrogen) atoms. The van der Waals surface area contributed by atoms with E-state index in [2.05, 4.69) is 15.0 Å². The predicted molar refractivity (Wildman–Crippen MR) is 72.4 cm³/mol. The summed E-state index contributed by atoms with van der Waals surface area (Å²) >= 11 is 5.94. The van der Waals surface area contributed by atoms with Crippen LogP contribution in [0.2, 0.25) is 5.15 Å². The first-order chi connectivity index (χ1) is 9.86. The highest BCUT2D eigenvalue weighted by Gasteiger charge is 2.53. The van der Waals surface area contributed by atoms with Gasteiger partial charge in [0, 0.05) is 0 Å². The SMILES string of the molecule is CC1(O)[C@@H](O)[C@@H](CO)O[C@H]1n1cnc2c(Cl)nc(N)nc21. The number of ether oxygens (including phenoxy) is 1. The molecule has 1 unspecified atom stereocenters. The van der Waals surface area contributed by atoms with Crippen LogP contribution >= 0.6 is 11.6 Å². The summed E-state index contributed by atoms with van der Waals surface area (Å²) in [5, 5.41) is 29.7. The lowest BCUT2D eigenvalue weighted by Crippen LogP contribution is -2.44. The zero-order valence-corrected chi connectivity index (χ0v) is 11.8. The van der Waals surface area contributed by atoms with E-state index in [1.54, 1.807) is 0 Å². The van der Waals surface area contributed by atoms with Crippen molar-refractivity contribution in [2.75, 3.05) is 12.3 Å². The van der Waals surface area contributed by atoms with Gasteiger partial charge in [-0.2, -0.15) is 9.97 Å². The van der Waals surface area contributed by atoms with Crippen LogP contribution in [-0.4, -0.2) is 59.3 Å². The van der Waals surface area contributed by atoms with E-state index in [1.807, 2.05) is 0 Å². The first-order valence-electron chi connectivity index (χ1n) is 6.18. The van der Waals surface area contributed by atoms with Crippen LogP contribution in [0.15, 0.2) is 6.33 Å². The molecule has 2 aromatic heterocycles. The third-order valence-corrected chi connectivity index (χ3v) is 3.85. The Kier molecular flexibility index (Phi) is 3.26. The Bertz CT molecular complexity index is 691. The van der Waals surface area contributed by atoms with Crippen LogP contribution in [0.4, 0.5) is 5.95 Å².